The summed E-state index contributed by atoms with van der Waals surface area (Å²) in [7, 11) is 0. The third-order valence-corrected chi connectivity index (χ3v) is 5.13. The van der Waals surface area contributed by atoms with E-state index in [0.29, 0.717) is 6.42 Å². The Hall–Kier alpha value is -2.31. The summed E-state index contributed by atoms with van der Waals surface area (Å²) in [4.78, 5) is 17.2. The zero-order valence-electron chi connectivity index (χ0n) is 14.3. The van der Waals surface area contributed by atoms with Gasteiger partial charge in [0, 0.05) is 22.1 Å². The topological polar surface area (TPSA) is 59.8 Å². The number of carbonyl (C=O) groups excluding carboxylic acids is 1. The van der Waals surface area contributed by atoms with Crippen molar-refractivity contribution in [2.45, 2.75) is 24.3 Å². The standard InChI is InChI=1S/C19H19ClN4OS/c1-14(15-2-6-17(7-3-15)24-13-21-12-22-24)23-19(25)10-11-26-18-8-4-16(20)5-9-18/h2-9,12-14H,10-11H2,1H3,(H,23,25). The Morgan fingerprint density at radius 3 is 2.58 bits per heavy atom. The lowest BCUT2D eigenvalue weighted by molar-refractivity contribution is -0.121. The number of amides is 1. The summed E-state index contributed by atoms with van der Waals surface area (Å²) in [5.74, 6) is 0.769. The molecule has 5 nitrogen and oxygen atoms in total. The molecular formula is C19H19ClN4OS. The molecular weight excluding hydrogens is 368 g/mol. The van der Waals surface area contributed by atoms with Crippen LogP contribution in [0.3, 0.4) is 0 Å². The molecule has 1 amide bonds. The number of aromatic nitrogens is 3. The summed E-state index contributed by atoms with van der Waals surface area (Å²) in [6, 6.07) is 15.5. The molecule has 0 saturated carbocycles. The Kier molecular flexibility index (Phi) is 6.30. The van der Waals surface area contributed by atoms with Crippen LogP contribution in [-0.4, -0.2) is 26.4 Å². The molecule has 7 heteroatoms. The highest BCUT2D eigenvalue weighted by atomic mass is 35.5. The summed E-state index contributed by atoms with van der Waals surface area (Å²) >= 11 is 7.51. The van der Waals surface area contributed by atoms with E-state index >= 15 is 0 Å². The summed E-state index contributed by atoms with van der Waals surface area (Å²) in [6.07, 6.45) is 3.62. The van der Waals surface area contributed by atoms with Gasteiger partial charge in [-0.2, -0.15) is 5.10 Å². The fraction of sp³-hybridized carbons (Fsp3) is 0.211. The molecule has 0 radical (unpaired) electrons. The second-order valence-electron chi connectivity index (χ2n) is 5.77. The largest absolute Gasteiger partial charge is 0.350 e. The van der Waals surface area contributed by atoms with Crippen LogP contribution in [0.5, 0.6) is 0 Å². The van der Waals surface area contributed by atoms with E-state index in [0.717, 1.165) is 26.9 Å². The highest BCUT2D eigenvalue weighted by Crippen LogP contribution is 2.21. The SMILES string of the molecule is CC(NC(=O)CCSc1ccc(Cl)cc1)c1ccc(-n2cncn2)cc1. The molecule has 0 aliphatic rings. The summed E-state index contributed by atoms with van der Waals surface area (Å²) in [5, 5.41) is 7.85. The zero-order valence-corrected chi connectivity index (χ0v) is 15.9. The van der Waals surface area contributed by atoms with E-state index in [1.165, 1.54) is 6.33 Å². The quantitative estimate of drug-likeness (QED) is 0.615. The fourth-order valence-corrected chi connectivity index (χ4v) is 3.42. The van der Waals surface area contributed by atoms with Crippen LogP contribution >= 0.6 is 23.4 Å². The number of thioether (sulfide) groups is 1. The predicted octanol–water partition coefficient (Wildman–Crippen LogP) is 4.28. The van der Waals surface area contributed by atoms with Gasteiger partial charge >= 0.3 is 0 Å². The first-order valence-corrected chi connectivity index (χ1v) is 9.61. The number of rotatable bonds is 7. The van der Waals surface area contributed by atoms with Gasteiger partial charge in [-0.05, 0) is 48.9 Å². The van der Waals surface area contributed by atoms with Crippen LogP contribution in [0.15, 0.2) is 66.1 Å². The van der Waals surface area contributed by atoms with E-state index in [1.807, 2.05) is 55.5 Å². The van der Waals surface area contributed by atoms with Crippen molar-refractivity contribution in [2.24, 2.45) is 0 Å². The van der Waals surface area contributed by atoms with E-state index < -0.39 is 0 Å². The van der Waals surface area contributed by atoms with Crippen LogP contribution in [0, 0.1) is 0 Å². The van der Waals surface area contributed by atoms with Gasteiger partial charge in [0.05, 0.1) is 11.7 Å². The lowest BCUT2D eigenvalue weighted by Crippen LogP contribution is -2.26. The Morgan fingerprint density at radius 2 is 1.92 bits per heavy atom. The van der Waals surface area contributed by atoms with E-state index in [2.05, 4.69) is 15.4 Å². The van der Waals surface area contributed by atoms with E-state index in [9.17, 15) is 4.79 Å². The second kappa shape index (κ2) is 8.87. The van der Waals surface area contributed by atoms with E-state index in [1.54, 1.807) is 22.8 Å². The van der Waals surface area contributed by atoms with Crippen molar-refractivity contribution in [1.82, 2.24) is 20.1 Å². The molecule has 3 rings (SSSR count). The molecule has 134 valence electrons. The lowest BCUT2D eigenvalue weighted by Gasteiger charge is -2.15. The van der Waals surface area contributed by atoms with Crippen molar-refractivity contribution < 1.29 is 4.79 Å². The molecule has 0 bridgehead atoms. The molecule has 0 fully saturated rings. The minimum Gasteiger partial charge on any atom is -0.350 e. The fourth-order valence-electron chi connectivity index (χ4n) is 2.45. The van der Waals surface area contributed by atoms with Crippen LogP contribution in [0.2, 0.25) is 5.02 Å². The van der Waals surface area contributed by atoms with Crippen molar-refractivity contribution in [3.05, 3.63) is 71.8 Å². The number of carbonyl (C=O) groups is 1. The van der Waals surface area contributed by atoms with Gasteiger partial charge in [-0.15, -0.1) is 11.8 Å². The number of halogens is 1. The highest BCUT2D eigenvalue weighted by Gasteiger charge is 2.10. The first kappa shape index (κ1) is 18.5. The summed E-state index contributed by atoms with van der Waals surface area (Å²) in [6.45, 7) is 1.98. The number of hydrogen-bond acceptors (Lipinski definition) is 4. The van der Waals surface area contributed by atoms with Crippen molar-refractivity contribution in [2.75, 3.05) is 5.75 Å². The van der Waals surface area contributed by atoms with Gasteiger partial charge in [0.15, 0.2) is 0 Å². The predicted molar refractivity (Wildman–Crippen MR) is 105 cm³/mol. The monoisotopic (exact) mass is 386 g/mol. The van der Waals surface area contributed by atoms with Crippen LogP contribution in [0.1, 0.15) is 24.9 Å². The Morgan fingerprint density at radius 1 is 1.19 bits per heavy atom. The minimum atomic E-state index is -0.0483. The molecule has 2 aromatic carbocycles. The van der Waals surface area contributed by atoms with Crippen molar-refractivity contribution in [1.29, 1.82) is 0 Å². The van der Waals surface area contributed by atoms with Crippen LogP contribution in [0.4, 0.5) is 0 Å². The van der Waals surface area contributed by atoms with Gasteiger partial charge in [0.1, 0.15) is 12.7 Å². The van der Waals surface area contributed by atoms with Gasteiger partial charge in [0.25, 0.3) is 0 Å². The molecule has 26 heavy (non-hydrogen) atoms. The van der Waals surface area contributed by atoms with Crippen LogP contribution < -0.4 is 5.32 Å². The van der Waals surface area contributed by atoms with Crippen LogP contribution in [0.25, 0.3) is 5.69 Å². The van der Waals surface area contributed by atoms with E-state index in [-0.39, 0.29) is 11.9 Å². The summed E-state index contributed by atoms with van der Waals surface area (Å²) in [5.41, 5.74) is 1.98. The molecule has 0 aliphatic heterocycles. The molecule has 0 saturated heterocycles. The average molecular weight is 387 g/mol. The molecule has 1 N–H and O–H groups in total. The zero-order chi connectivity index (χ0) is 18.4. The summed E-state index contributed by atoms with van der Waals surface area (Å²) < 4.78 is 1.70. The smallest absolute Gasteiger partial charge is 0.221 e. The third kappa shape index (κ3) is 5.09. The van der Waals surface area contributed by atoms with Crippen molar-refractivity contribution >= 4 is 29.3 Å². The number of benzene rings is 2. The molecule has 0 spiro atoms. The van der Waals surface area contributed by atoms with Crippen molar-refractivity contribution in [3.8, 4) is 5.69 Å². The van der Waals surface area contributed by atoms with Crippen molar-refractivity contribution in [3.63, 3.8) is 0 Å². The second-order valence-corrected chi connectivity index (χ2v) is 7.38. The Bertz CT molecular complexity index is 835. The molecule has 1 unspecified atom stereocenters. The molecule has 3 aromatic rings. The molecule has 1 aromatic heterocycles. The van der Waals surface area contributed by atoms with Gasteiger partial charge in [0.2, 0.25) is 5.91 Å². The van der Waals surface area contributed by atoms with Gasteiger partial charge in [-0.25, -0.2) is 9.67 Å². The third-order valence-electron chi connectivity index (χ3n) is 3.87. The first-order valence-electron chi connectivity index (χ1n) is 8.24. The van der Waals surface area contributed by atoms with E-state index in [4.69, 9.17) is 11.6 Å². The molecule has 0 aliphatic carbocycles. The van der Waals surface area contributed by atoms with Crippen LogP contribution in [-0.2, 0) is 4.79 Å². The maximum atomic E-state index is 12.2. The molecule has 1 heterocycles. The first-order chi connectivity index (χ1) is 12.6. The highest BCUT2D eigenvalue weighted by molar-refractivity contribution is 7.99. The minimum absolute atomic E-state index is 0.0410. The number of nitrogens with zero attached hydrogens (tertiary/aromatic N) is 3. The van der Waals surface area contributed by atoms with Gasteiger partial charge in [-0.1, -0.05) is 23.7 Å². The lowest BCUT2D eigenvalue weighted by atomic mass is 10.1. The maximum absolute atomic E-state index is 12.2. The average Bonchev–Trinajstić information content (AvgIpc) is 3.18. The normalized spacial score (nSPS) is 11.9. The van der Waals surface area contributed by atoms with Gasteiger partial charge in [-0.3, -0.25) is 4.79 Å². The maximum Gasteiger partial charge on any atom is 0.221 e. The number of hydrogen-bond donors (Lipinski definition) is 1. The Labute approximate surface area is 161 Å². The molecule has 1 atom stereocenters. The van der Waals surface area contributed by atoms with Gasteiger partial charge < -0.3 is 5.32 Å². The Balaban J connectivity index is 1.47. The number of nitrogens with one attached hydrogen (secondary N) is 1.